The largest absolute Gasteiger partial charge is 0.468 e. The van der Waals surface area contributed by atoms with Gasteiger partial charge in [0.15, 0.2) is 0 Å². The second-order valence-electron chi connectivity index (χ2n) is 4.75. The third-order valence-corrected chi connectivity index (χ3v) is 4.14. The molecule has 0 amide bonds. The first kappa shape index (κ1) is 16.6. The smallest absolute Gasteiger partial charge is 0.324 e. The number of nitrogens with one attached hydrogen (secondary N) is 1. The minimum Gasteiger partial charge on any atom is -0.468 e. The van der Waals surface area contributed by atoms with Gasteiger partial charge in [0.1, 0.15) is 6.04 Å². The predicted octanol–water partition coefficient (Wildman–Crippen LogP) is 0.741. The number of pyridine rings is 1. The molecule has 6 nitrogen and oxygen atoms in total. The summed E-state index contributed by atoms with van der Waals surface area (Å²) in [5.74, 6) is -0.891. The molecular weight excluding hydrogens is 280 g/mol. The fraction of sp³-hybridized carbons (Fsp3) is 0.538. The number of methoxy groups -OCH3 is 1. The van der Waals surface area contributed by atoms with Crippen molar-refractivity contribution in [2.45, 2.75) is 26.3 Å². The van der Waals surface area contributed by atoms with Crippen molar-refractivity contribution in [3.63, 3.8) is 0 Å². The number of rotatable bonds is 7. The summed E-state index contributed by atoms with van der Waals surface area (Å²) in [6.45, 7) is 3.51. The van der Waals surface area contributed by atoms with Crippen LogP contribution in [0.2, 0.25) is 0 Å². The second kappa shape index (κ2) is 7.35. The summed E-state index contributed by atoms with van der Waals surface area (Å²) in [5.41, 5.74) is 0.692. The molecule has 1 N–H and O–H groups in total. The monoisotopic (exact) mass is 300 g/mol. The number of hydrogen-bond acceptors (Lipinski definition) is 5. The summed E-state index contributed by atoms with van der Waals surface area (Å²) >= 11 is 0. The maximum Gasteiger partial charge on any atom is 0.324 e. The number of ether oxygens (including phenoxy) is 1. The summed E-state index contributed by atoms with van der Waals surface area (Å²) in [6.07, 6.45) is 1.91. The summed E-state index contributed by atoms with van der Waals surface area (Å²) in [7, 11) is -2.33. The minimum absolute atomic E-state index is 0.121. The zero-order valence-electron chi connectivity index (χ0n) is 11.9. The van der Waals surface area contributed by atoms with E-state index in [1.165, 1.54) is 7.11 Å². The predicted molar refractivity (Wildman–Crippen MR) is 75.5 cm³/mol. The molecule has 1 aromatic heterocycles. The van der Waals surface area contributed by atoms with Gasteiger partial charge in [0, 0.05) is 18.3 Å². The van der Waals surface area contributed by atoms with Crippen molar-refractivity contribution in [2.75, 3.05) is 12.9 Å². The van der Waals surface area contributed by atoms with Crippen LogP contribution >= 0.6 is 0 Å². The summed E-state index contributed by atoms with van der Waals surface area (Å²) in [6, 6.07) is 4.46. The van der Waals surface area contributed by atoms with Crippen molar-refractivity contribution >= 4 is 16.0 Å². The molecule has 0 bridgehead atoms. The molecule has 0 aromatic carbocycles. The third kappa shape index (κ3) is 5.26. The standard InChI is InChI=1S/C13H20N2O4S/c1-10(2)12(13(16)19-3)15-20(17,18)9-7-11-6-4-5-8-14-11/h4-6,8,10,12,15H,7,9H2,1-3H3. The van der Waals surface area contributed by atoms with Crippen LogP contribution in [-0.2, 0) is 26.0 Å². The first-order valence-electron chi connectivity index (χ1n) is 6.33. The number of nitrogens with zero attached hydrogens (tertiary/aromatic N) is 1. The SMILES string of the molecule is COC(=O)C(NS(=O)(=O)CCc1ccccn1)C(C)C. The lowest BCUT2D eigenvalue weighted by Gasteiger charge is -2.19. The zero-order valence-corrected chi connectivity index (χ0v) is 12.7. The Morgan fingerprint density at radius 1 is 1.40 bits per heavy atom. The van der Waals surface area contributed by atoms with E-state index >= 15 is 0 Å². The van der Waals surface area contributed by atoms with Crippen LogP contribution in [-0.4, -0.2) is 38.3 Å². The fourth-order valence-electron chi connectivity index (χ4n) is 1.62. The van der Waals surface area contributed by atoms with Crippen LogP contribution < -0.4 is 4.72 Å². The topological polar surface area (TPSA) is 85.4 Å². The van der Waals surface area contributed by atoms with Crippen LogP contribution in [0.25, 0.3) is 0 Å². The highest BCUT2D eigenvalue weighted by Crippen LogP contribution is 2.06. The molecule has 1 unspecified atom stereocenters. The quantitative estimate of drug-likeness (QED) is 0.751. The number of carbonyl (C=O) groups excluding carboxylic acids is 1. The fourth-order valence-corrected chi connectivity index (χ4v) is 2.97. The van der Waals surface area contributed by atoms with Gasteiger partial charge in [-0.3, -0.25) is 9.78 Å². The number of aryl methyl sites for hydroxylation is 1. The van der Waals surface area contributed by atoms with E-state index in [9.17, 15) is 13.2 Å². The molecule has 1 atom stereocenters. The Morgan fingerprint density at radius 2 is 2.10 bits per heavy atom. The Hall–Kier alpha value is -1.47. The van der Waals surface area contributed by atoms with Crippen LogP contribution in [0.5, 0.6) is 0 Å². The van der Waals surface area contributed by atoms with Crippen molar-refractivity contribution < 1.29 is 17.9 Å². The van der Waals surface area contributed by atoms with Gasteiger partial charge in [-0.05, 0) is 18.1 Å². The van der Waals surface area contributed by atoms with Crippen molar-refractivity contribution in [1.29, 1.82) is 0 Å². The van der Waals surface area contributed by atoms with E-state index < -0.39 is 22.0 Å². The van der Waals surface area contributed by atoms with Crippen LogP contribution in [0.3, 0.4) is 0 Å². The number of sulfonamides is 1. The number of aromatic nitrogens is 1. The molecule has 1 heterocycles. The van der Waals surface area contributed by atoms with Gasteiger partial charge in [0.2, 0.25) is 10.0 Å². The van der Waals surface area contributed by atoms with Crippen LogP contribution in [0.15, 0.2) is 24.4 Å². The summed E-state index contributed by atoms with van der Waals surface area (Å²) in [4.78, 5) is 15.6. The van der Waals surface area contributed by atoms with Crippen molar-refractivity contribution in [1.82, 2.24) is 9.71 Å². The van der Waals surface area contributed by atoms with Gasteiger partial charge >= 0.3 is 5.97 Å². The molecule has 0 saturated carbocycles. The van der Waals surface area contributed by atoms with Crippen molar-refractivity contribution in [3.8, 4) is 0 Å². The Bertz CT molecular complexity index is 529. The van der Waals surface area contributed by atoms with E-state index in [0.29, 0.717) is 12.1 Å². The lowest BCUT2D eigenvalue weighted by molar-refractivity contribution is -0.143. The summed E-state index contributed by atoms with van der Waals surface area (Å²) < 4.78 is 31.0. The van der Waals surface area contributed by atoms with Crippen LogP contribution in [0, 0.1) is 5.92 Å². The number of hydrogen-bond donors (Lipinski definition) is 1. The highest BCUT2D eigenvalue weighted by molar-refractivity contribution is 7.89. The molecule has 1 rings (SSSR count). The normalized spacial score (nSPS) is 13.2. The molecular formula is C13H20N2O4S. The van der Waals surface area contributed by atoms with Gasteiger partial charge in [-0.1, -0.05) is 19.9 Å². The molecule has 0 spiro atoms. The maximum atomic E-state index is 12.0. The maximum absolute atomic E-state index is 12.0. The van der Waals surface area contributed by atoms with Gasteiger partial charge in [0.25, 0.3) is 0 Å². The molecule has 0 aliphatic heterocycles. The van der Waals surface area contributed by atoms with Gasteiger partial charge in [-0.15, -0.1) is 0 Å². The van der Waals surface area contributed by atoms with Gasteiger partial charge in [0.05, 0.1) is 12.9 Å². The van der Waals surface area contributed by atoms with Crippen molar-refractivity contribution in [3.05, 3.63) is 30.1 Å². The molecule has 0 fully saturated rings. The van der Waals surface area contributed by atoms with E-state index in [1.807, 2.05) is 0 Å². The van der Waals surface area contributed by atoms with E-state index in [0.717, 1.165) is 0 Å². The minimum atomic E-state index is -3.57. The number of esters is 1. The highest BCUT2D eigenvalue weighted by Gasteiger charge is 2.27. The molecule has 0 saturated heterocycles. The number of carbonyl (C=O) groups is 1. The Kier molecular flexibility index (Phi) is 6.09. The average Bonchev–Trinajstić information content (AvgIpc) is 2.43. The molecule has 112 valence electrons. The lowest BCUT2D eigenvalue weighted by Crippen LogP contribution is -2.46. The Balaban J connectivity index is 2.66. The molecule has 7 heteroatoms. The lowest BCUT2D eigenvalue weighted by atomic mass is 10.1. The zero-order chi connectivity index (χ0) is 15.2. The van der Waals surface area contributed by atoms with Gasteiger partial charge in [-0.25, -0.2) is 13.1 Å². The first-order valence-corrected chi connectivity index (χ1v) is 7.98. The van der Waals surface area contributed by atoms with Gasteiger partial charge < -0.3 is 4.74 Å². The third-order valence-electron chi connectivity index (χ3n) is 2.78. The Morgan fingerprint density at radius 3 is 2.60 bits per heavy atom. The van der Waals surface area contributed by atoms with E-state index in [2.05, 4.69) is 14.4 Å². The first-order chi connectivity index (χ1) is 9.35. The summed E-state index contributed by atoms with van der Waals surface area (Å²) in [5, 5.41) is 0. The van der Waals surface area contributed by atoms with Crippen molar-refractivity contribution in [2.24, 2.45) is 5.92 Å². The van der Waals surface area contributed by atoms with E-state index in [-0.39, 0.29) is 11.7 Å². The second-order valence-corrected chi connectivity index (χ2v) is 6.63. The van der Waals surface area contributed by atoms with E-state index in [1.54, 1.807) is 38.2 Å². The van der Waals surface area contributed by atoms with E-state index in [4.69, 9.17) is 0 Å². The molecule has 20 heavy (non-hydrogen) atoms. The molecule has 0 aliphatic carbocycles. The average molecular weight is 300 g/mol. The highest BCUT2D eigenvalue weighted by atomic mass is 32.2. The van der Waals surface area contributed by atoms with Crippen LogP contribution in [0.4, 0.5) is 0 Å². The Labute approximate surface area is 119 Å². The van der Waals surface area contributed by atoms with Crippen LogP contribution in [0.1, 0.15) is 19.5 Å². The van der Waals surface area contributed by atoms with Gasteiger partial charge in [-0.2, -0.15) is 0 Å². The molecule has 1 aromatic rings. The molecule has 0 aliphatic rings. The molecule has 0 radical (unpaired) electrons.